The van der Waals surface area contributed by atoms with E-state index < -0.39 is 17.9 Å². The lowest BCUT2D eigenvalue weighted by atomic mass is 10.0. The van der Waals surface area contributed by atoms with Crippen LogP contribution in [0.25, 0.3) is 0 Å². The van der Waals surface area contributed by atoms with Crippen LogP contribution in [0, 0.1) is 5.92 Å². The zero-order valence-corrected chi connectivity index (χ0v) is 15.3. The van der Waals surface area contributed by atoms with Crippen LogP contribution in [0.5, 0.6) is 0 Å². The van der Waals surface area contributed by atoms with E-state index in [-0.39, 0.29) is 6.42 Å². The summed E-state index contributed by atoms with van der Waals surface area (Å²) >= 11 is 1.36. The molecule has 0 heterocycles. The van der Waals surface area contributed by atoms with Crippen molar-refractivity contribution in [3.8, 4) is 0 Å². The predicted octanol–water partition coefficient (Wildman–Crippen LogP) is 2.54. The SMILES string of the molecule is CCCCCCCCCCCCC(CSCCC(=O)[O-])C(=O)[O-]. The summed E-state index contributed by atoms with van der Waals surface area (Å²) in [6.45, 7) is 2.22. The van der Waals surface area contributed by atoms with E-state index in [0.29, 0.717) is 17.9 Å². The van der Waals surface area contributed by atoms with Crippen molar-refractivity contribution in [1.82, 2.24) is 0 Å². The van der Waals surface area contributed by atoms with Crippen LogP contribution in [-0.4, -0.2) is 23.4 Å². The molecule has 23 heavy (non-hydrogen) atoms. The quantitative estimate of drug-likeness (QED) is 0.379. The van der Waals surface area contributed by atoms with Crippen LogP contribution in [0.3, 0.4) is 0 Å². The number of unbranched alkanes of at least 4 members (excludes halogenated alkanes) is 9. The molecule has 0 aliphatic rings. The van der Waals surface area contributed by atoms with Crippen molar-refractivity contribution in [1.29, 1.82) is 0 Å². The minimum Gasteiger partial charge on any atom is -0.550 e. The number of aliphatic carboxylic acids is 2. The highest BCUT2D eigenvalue weighted by molar-refractivity contribution is 7.99. The average molecular weight is 345 g/mol. The molecule has 0 spiro atoms. The number of hydrogen-bond donors (Lipinski definition) is 0. The maximum absolute atomic E-state index is 11.1. The first kappa shape index (κ1) is 22.3. The molecule has 1 atom stereocenters. The maximum Gasteiger partial charge on any atom is 0.0453 e. The Bertz CT molecular complexity index is 307. The Hall–Kier alpha value is -0.710. The van der Waals surface area contributed by atoms with E-state index in [1.54, 1.807) is 0 Å². The third kappa shape index (κ3) is 15.9. The Morgan fingerprint density at radius 3 is 1.87 bits per heavy atom. The molecule has 0 radical (unpaired) electrons. The van der Waals surface area contributed by atoms with Gasteiger partial charge in [0.2, 0.25) is 0 Å². The second-order valence-corrected chi connectivity index (χ2v) is 7.33. The smallest absolute Gasteiger partial charge is 0.0453 e. The van der Waals surface area contributed by atoms with E-state index in [0.717, 1.165) is 12.8 Å². The monoisotopic (exact) mass is 344 g/mol. The van der Waals surface area contributed by atoms with Gasteiger partial charge in [-0.3, -0.25) is 0 Å². The van der Waals surface area contributed by atoms with Crippen LogP contribution < -0.4 is 10.2 Å². The molecule has 0 N–H and O–H groups in total. The number of rotatable bonds is 17. The molecule has 4 nitrogen and oxygen atoms in total. The fourth-order valence-corrected chi connectivity index (χ4v) is 3.59. The lowest BCUT2D eigenvalue weighted by Gasteiger charge is -2.17. The summed E-state index contributed by atoms with van der Waals surface area (Å²) in [6.07, 6.45) is 12.9. The van der Waals surface area contributed by atoms with Crippen molar-refractivity contribution in [3.05, 3.63) is 0 Å². The van der Waals surface area contributed by atoms with Crippen molar-refractivity contribution < 1.29 is 19.8 Å². The first-order chi connectivity index (χ1) is 11.1. The van der Waals surface area contributed by atoms with Crippen molar-refractivity contribution in [2.75, 3.05) is 11.5 Å². The molecule has 0 aliphatic heterocycles. The molecule has 0 amide bonds. The topological polar surface area (TPSA) is 80.3 Å². The summed E-state index contributed by atoms with van der Waals surface area (Å²) in [6, 6.07) is 0. The number of thioether (sulfide) groups is 1. The van der Waals surface area contributed by atoms with E-state index in [4.69, 9.17) is 0 Å². The van der Waals surface area contributed by atoms with Gasteiger partial charge in [-0.05, 0) is 18.6 Å². The summed E-state index contributed by atoms with van der Waals surface area (Å²) in [5, 5.41) is 21.4. The molecular formula is C18H32O4S-2. The van der Waals surface area contributed by atoms with Crippen LogP contribution >= 0.6 is 11.8 Å². The first-order valence-corrected chi connectivity index (χ1v) is 10.2. The summed E-state index contributed by atoms with van der Waals surface area (Å²) in [7, 11) is 0. The lowest BCUT2D eigenvalue weighted by molar-refractivity contribution is -0.311. The fraction of sp³-hybridized carbons (Fsp3) is 0.889. The van der Waals surface area contributed by atoms with E-state index in [1.165, 1.54) is 63.1 Å². The number of carbonyl (C=O) groups is 2. The van der Waals surface area contributed by atoms with Gasteiger partial charge in [0, 0.05) is 23.6 Å². The summed E-state index contributed by atoms with van der Waals surface area (Å²) < 4.78 is 0. The Labute approximate surface area is 145 Å². The first-order valence-electron chi connectivity index (χ1n) is 9.06. The Balaban J connectivity index is 3.50. The molecule has 5 heteroatoms. The van der Waals surface area contributed by atoms with Crippen molar-refractivity contribution >= 4 is 23.7 Å². The van der Waals surface area contributed by atoms with Crippen LogP contribution in [0.2, 0.25) is 0 Å². The van der Waals surface area contributed by atoms with Gasteiger partial charge in [0.1, 0.15) is 0 Å². The number of hydrogen-bond acceptors (Lipinski definition) is 5. The lowest BCUT2D eigenvalue weighted by Crippen LogP contribution is -2.33. The molecular weight excluding hydrogens is 312 g/mol. The van der Waals surface area contributed by atoms with Crippen LogP contribution in [0.4, 0.5) is 0 Å². The zero-order chi connectivity index (χ0) is 17.3. The second-order valence-electron chi connectivity index (χ2n) is 6.18. The van der Waals surface area contributed by atoms with Gasteiger partial charge >= 0.3 is 0 Å². The molecule has 0 aliphatic carbocycles. The van der Waals surface area contributed by atoms with E-state index in [9.17, 15) is 19.8 Å². The average Bonchev–Trinajstić information content (AvgIpc) is 2.50. The molecule has 0 rings (SSSR count). The predicted molar refractivity (Wildman–Crippen MR) is 91.9 cm³/mol. The fourth-order valence-electron chi connectivity index (χ4n) is 2.53. The molecule has 0 aromatic rings. The third-order valence-electron chi connectivity index (χ3n) is 4.01. The maximum atomic E-state index is 11.1. The number of carbonyl (C=O) groups excluding carboxylic acids is 2. The molecule has 0 aromatic carbocycles. The van der Waals surface area contributed by atoms with Gasteiger partial charge < -0.3 is 19.8 Å². The van der Waals surface area contributed by atoms with Gasteiger partial charge in [0.25, 0.3) is 0 Å². The highest BCUT2D eigenvalue weighted by Crippen LogP contribution is 2.17. The van der Waals surface area contributed by atoms with E-state index in [2.05, 4.69) is 6.92 Å². The molecule has 0 fully saturated rings. The minimum absolute atomic E-state index is 0.0251. The summed E-state index contributed by atoms with van der Waals surface area (Å²) in [4.78, 5) is 21.4. The highest BCUT2D eigenvalue weighted by atomic mass is 32.2. The van der Waals surface area contributed by atoms with Crippen LogP contribution in [-0.2, 0) is 9.59 Å². The largest absolute Gasteiger partial charge is 0.550 e. The van der Waals surface area contributed by atoms with Crippen molar-refractivity contribution in [3.63, 3.8) is 0 Å². The standard InChI is InChI=1S/C18H34O4S/c1-2-3-4-5-6-7-8-9-10-11-12-16(18(21)22)15-23-14-13-17(19)20/h16H,2-15H2,1H3,(H,19,20)(H,21,22)/p-2. The van der Waals surface area contributed by atoms with Crippen molar-refractivity contribution in [2.45, 2.75) is 84.0 Å². The Kier molecular flexibility index (Phi) is 15.7. The van der Waals surface area contributed by atoms with E-state index in [1.807, 2.05) is 0 Å². The normalized spacial score (nSPS) is 12.2. The van der Waals surface area contributed by atoms with Gasteiger partial charge in [0.05, 0.1) is 0 Å². The molecule has 0 saturated carbocycles. The summed E-state index contributed by atoms with van der Waals surface area (Å²) in [5.41, 5.74) is 0. The molecule has 0 bridgehead atoms. The molecule has 0 aromatic heterocycles. The minimum atomic E-state index is -1.09. The van der Waals surface area contributed by atoms with Gasteiger partial charge in [-0.2, -0.15) is 11.8 Å². The van der Waals surface area contributed by atoms with Gasteiger partial charge in [-0.15, -0.1) is 0 Å². The van der Waals surface area contributed by atoms with Crippen molar-refractivity contribution in [2.24, 2.45) is 5.92 Å². The molecule has 136 valence electrons. The van der Waals surface area contributed by atoms with Crippen LogP contribution in [0.15, 0.2) is 0 Å². The van der Waals surface area contributed by atoms with Crippen LogP contribution in [0.1, 0.15) is 84.0 Å². The number of carboxylic acids is 2. The third-order valence-corrected chi connectivity index (χ3v) is 5.14. The second kappa shape index (κ2) is 16.2. The zero-order valence-electron chi connectivity index (χ0n) is 14.5. The van der Waals surface area contributed by atoms with Gasteiger partial charge in [-0.1, -0.05) is 71.1 Å². The highest BCUT2D eigenvalue weighted by Gasteiger charge is 2.09. The van der Waals surface area contributed by atoms with Gasteiger partial charge in [-0.25, -0.2) is 0 Å². The van der Waals surface area contributed by atoms with Gasteiger partial charge in [0.15, 0.2) is 0 Å². The Morgan fingerprint density at radius 2 is 1.39 bits per heavy atom. The Morgan fingerprint density at radius 1 is 0.870 bits per heavy atom. The summed E-state index contributed by atoms with van der Waals surface area (Å²) in [5.74, 6) is -1.72. The van der Waals surface area contributed by atoms with E-state index >= 15 is 0 Å². The molecule has 0 saturated heterocycles. The number of carboxylic acid groups (broad SMARTS) is 2. The molecule has 1 unspecified atom stereocenters.